The molecule has 26 heavy (non-hydrogen) atoms. The Kier molecular flexibility index (Phi) is 4.02. The lowest BCUT2D eigenvalue weighted by Gasteiger charge is -2.04. The van der Waals surface area contributed by atoms with E-state index in [0.29, 0.717) is 17.1 Å². The number of nitrogens with zero attached hydrogens (tertiary/aromatic N) is 5. The minimum Gasteiger partial charge on any atom is -0.318 e. The second-order valence-electron chi connectivity index (χ2n) is 5.76. The first-order valence-electron chi connectivity index (χ1n) is 7.90. The van der Waals surface area contributed by atoms with Crippen molar-refractivity contribution in [2.75, 3.05) is 0 Å². The molecule has 0 unspecified atom stereocenters. The van der Waals surface area contributed by atoms with Crippen molar-refractivity contribution in [1.82, 2.24) is 28.8 Å². The van der Waals surface area contributed by atoms with Gasteiger partial charge in [-0.15, -0.1) is 0 Å². The van der Waals surface area contributed by atoms with E-state index in [9.17, 15) is 8.42 Å². The fourth-order valence-corrected chi connectivity index (χ4v) is 3.63. The van der Waals surface area contributed by atoms with Crippen LogP contribution in [0.4, 0.5) is 0 Å². The summed E-state index contributed by atoms with van der Waals surface area (Å²) in [6, 6.07) is 12.9. The molecule has 0 radical (unpaired) electrons. The number of pyridine rings is 1. The maximum atomic E-state index is 12.6. The van der Waals surface area contributed by atoms with Crippen molar-refractivity contribution >= 4 is 21.2 Å². The van der Waals surface area contributed by atoms with E-state index in [1.54, 1.807) is 34.8 Å². The molecule has 8 nitrogen and oxygen atoms in total. The van der Waals surface area contributed by atoms with Crippen molar-refractivity contribution in [1.29, 1.82) is 0 Å². The van der Waals surface area contributed by atoms with Crippen LogP contribution in [0.1, 0.15) is 5.56 Å². The minimum atomic E-state index is -3.74. The molecule has 0 atom stereocenters. The van der Waals surface area contributed by atoms with E-state index >= 15 is 0 Å². The average Bonchev–Trinajstić information content (AvgIpc) is 3.25. The summed E-state index contributed by atoms with van der Waals surface area (Å²) >= 11 is 0. The van der Waals surface area contributed by atoms with Crippen LogP contribution in [0.5, 0.6) is 0 Å². The molecule has 0 saturated heterocycles. The van der Waals surface area contributed by atoms with Crippen molar-refractivity contribution in [2.45, 2.75) is 11.6 Å². The molecule has 0 amide bonds. The van der Waals surface area contributed by atoms with Crippen molar-refractivity contribution in [3.05, 3.63) is 66.7 Å². The zero-order chi connectivity index (χ0) is 18.1. The summed E-state index contributed by atoms with van der Waals surface area (Å²) in [5.41, 5.74) is 2.20. The lowest BCUT2D eigenvalue weighted by atomic mass is 10.2. The second-order valence-corrected chi connectivity index (χ2v) is 7.47. The third-order valence-electron chi connectivity index (χ3n) is 3.94. The maximum Gasteiger partial charge on any atom is 0.259 e. The van der Waals surface area contributed by atoms with Crippen LogP contribution in [-0.4, -0.2) is 32.5 Å². The molecule has 4 aromatic rings. The molecule has 1 aromatic carbocycles. The van der Waals surface area contributed by atoms with Crippen molar-refractivity contribution in [3.8, 4) is 5.95 Å². The number of sulfonamides is 1. The molecule has 0 saturated carbocycles. The smallest absolute Gasteiger partial charge is 0.259 e. The molecule has 3 aromatic heterocycles. The van der Waals surface area contributed by atoms with Gasteiger partial charge in [-0.25, -0.2) is 23.1 Å². The maximum absolute atomic E-state index is 12.6. The molecule has 132 valence electrons. The van der Waals surface area contributed by atoms with Gasteiger partial charge in [0.15, 0.2) is 10.7 Å². The predicted octanol–water partition coefficient (Wildman–Crippen LogP) is 1.63. The van der Waals surface area contributed by atoms with E-state index < -0.39 is 10.0 Å². The van der Waals surface area contributed by atoms with E-state index in [1.165, 1.54) is 6.20 Å². The molecule has 0 fully saturated rings. The largest absolute Gasteiger partial charge is 0.318 e. The van der Waals surface area contributed by atoms with Gasteiger partial charge in [-0.1, -0.05) is 30.3 Å². The third kappa shape index (κ3) is 2.98. The van der Waals surface area contributed by atoms with Gasteiger partial charge in [-0.3, -0.25) is 4.57 Å². The van der Waals surface area contributed by atoms with Crippen LogP contribution in [0.25, 0.3) is 17.1 Å². The monoisotopic (exact) mass is 368 g/mol. The van der Waals surface area contributed by atoms with Gasteiger partial charge < -0.3 is 4.57 Å². The molecule has 1 N–H and O–H groups in total. The molecule has 0 aliphatic rings. The summed E-state index contributed by atoms with van der Waals surface area (Å²) in [5.74, 6) is 0.422. The zero-order valence-electron chi connectivity index (χ0n) is 13.9. The van der Waals surface area contributed by atoms with E-state index in [4.69, 9.17) is 0 Å². The zero-order valence-corrected chi connectivity index (χ0v) is 14.8. The highest BCUT2D eigenvalue weighted by Gasteiger charge is 2.21. The second kappa shape index (κ2) is 6.36. The van der Waals surface area contributed by atoms with E-state index in [1.807, 2.05) is 36.4 Å². The quantitative estimate of drug-likeness (QED) is 0.578. The van der Waals surface area contributed by atoms with Crippen molar-refractivity contribution in [2.24, 2.45) is 7.05 Å². The standard InChI is InChI=1S/C17H16N6O2S/c1-22-11-15(26(24,25)20-10-13-6-3-2-4-7-13)21-17(22)23-12-19-14-8-5-9-18-16(14)23/h2-9,11-12,20H,10H2,1H3. The number of aryl methyl sites for hydroxylation is 1. The number of rotatable bonds is 5. The number of aromatic nitrogens is 5. The van der Waals surface area contributed by atoms with Gasteiger partial charge in [0.05, 0.1) is 0 Å². The number of fused-ring (bicyclic) bond motifs is 1. The van der Waals surface area contributed by atoms with E-state index in [0.717, 1.165) is 5.56 Å². The molecule has 0 aliphatic carbocycles. The molecule has 0 aliphatic heterocycles. The normalized spacial score (nSPS) is 11.9. The van der Waals surface area contributed by atoms with Crippen LogP contribution < -0.4 is 4.72 Å². The Morgan fingerprint density at radius 2 is 1.88 bits per heavy atom. The lowest BCUT2D eigenvalue weighted by Crippen LogP contribution is -2.23. The molecule has 0 bridgehead atoms. The van der Waals surface area contributed by atoms with Gasteiger partial charge in [0, 0.05) is 26.0 Å². The Labute approximate surface area is 150 Å². The third-order valence-corrected chi connectivity index (χ3v) is 5.21. The summed E-state index contributed by atoms with van der Waals surface area (Å²) in [6.45, 7) is 0.199. The van der Waals surface area contributed by atoms with E-state index in [2.05, 4.69) is 19.7 Å². The van der Waals surface area contributed by atoms with Crippen molar-refractivity contribution in [3.63, 3.8) is 0 Å². The highest BCUT2D eigenvalue weighted by Crippen LogP contribution is 2.17. The Morgan fingerprint density at radius 1 is 1.08 bits per heavy atom. The van der Waals surface area contributed by atoms with Crippen LogP contribution >= 0.6 is 0 Å². The highest BCUT2D eigenvalue weighted by molar-refractivity contribution is 7.89. The number of nitrogens with one attached hydrogen (secondary N) is 1. The van der Waals surface area contributed by atoms with Crippen LogP contribution in [0, 0.1) is 0 Å². The van der Waals surface area contributed by atoms with Crippen LogP contribution in [0.15, 0.2) is 66.2 Å². The number of hydrogen-bond donors (Lipinski definition) is 1. The van der Waals surface area contributed by atoms with Gasteiger partial charge in [0.1, 0.15) is 11.8 Å². The number of imidazole rings is 2. The summed E-state index contributed by atoms with van der Waals surface area (Å²) in [7, 11) is -2.01. The van der Waals surface area contributed by atoms with Gasteiger partial charge in [-0.05, 0) is 17.7 Å². The van der Waals surface area contributed by atoms with Crippen molar-refractivity contribution < 1.29 is 8.42 Å². The van der Waals surface area contributed by atoms with E-state index in [-0.39, 0.29) is 11.6 Å². The number of benzene rings is 1. The highest BCUT2D eigenvalue weighted by atomic mass is 32.2. The summed E-state index contributed by atoms with van der Waals surface area (Å²) in [5, 5.41) is -0.0521. The molecule has 9 heteroatoms. The molecule has 0 spiro atoms. The summed E-state index contributed by atoms with van der Waals surface area (Å²) in [6.07, 6.45) is 4.70. The predicted molar refractivity (Wildman–Crippen MR) is 96.1 cm³/mol. The minimum absolute atomic E-state index is 0.0521. The fraction of sp³-hybridized carbons (Fsp3) is 0.118. The first-order chi connectivity index (χ1) is 12.5. The first kappa shape index (κ1) is 16.4. The van der Waals surface area contributed by atoms with Gasteiger partial charge in [0.25, 0.3) is 10.0 Å². The summed E-state index contributed by atoms with van der Waals surface area (Å²) < 4.78 is 31.0. The Hall–Kier alpha value is -3.04. The van der Waals surface area contributed by atoms with Crippen LogP contribution in [0.3, 0.4) is 0 Å². The first-order valence-corrected chi connectivity index (χ1v) is 9.38. The molecular formula is C17H16N6O2S. The van der Waals surface area contributed by atoms with Crippen LogP contribution in [0.2, 0.25) is 0 Å². The van der Waals surface area contributed by atoms with Crippen LogP contribution in [-0.2, 0) is 23.6 Å². The fourth-order valence-electron chi connectivity index (χ4n) is 2.63. The SMILES string of the molecule is Cn1cc(S(=O)(=O)NCc2ccccc2)nc1-n1cnc2cccnc21. The average molecular weight is 368 g/mol. The topological polar surface area (TPSA) is 94.7 Å². The molecule has 4 rings (SSSR count). The number of hydrogen-bond acceptors (Lipinski definition) is 5. The van der Waals surface area contributed by atoms with Gasteiger partial charge in [0.2, 0.25) is 5.95 Å². The van der Waals surface area contributed by atoms with Gasteiger partial charge in [-0.2, -0.15) is 4.98 Å². The Bertz CT molecular complexity index is 1160. The lowest BCUT2D eigenvalue weighted by molar-refractivity contribution is 0.578. The molecule has 3 heterocycles. The Balaban J connectivity index is 1.65. The summed E-state index contributed by atoms with van der Waals surface area (Å²) in [4.78, 5) is 12.8. The van der Waals surface area contributed by atoms with Gasteiger partial charge >= 0.3 is 0 Å². The molecular weight excluding hydrogens is 352 g/mol. The Morgan fingerprint density at radius 3 is 2.69 bits per heavy atom.